The number of rotatable bonds is 7. The molecule has 0 bridgehead atoms. The topological polar surface area (TPSA) is 103 Å². The maximum Gasteiger partial charge on any atom is 0.446 e. The molecule has 0 radical (unpaired) electrons. The predicted octanol–water partition coefficient (Wildman–Crippen LogP) is 8.30. The van der Waals surface area contributed by atoms with Crippen molar-refractivity contribution in [3.05, 3.63) is 87.6 Å². The van der Waals surface area contributed by atoms with Gasteiger partial charge in [0.2, 0.25) is 0 Å². The van der Waals surface area contributed by atoms with E-state index in [0.717, 1.165) is 59.1 Å². The number of aromatic nitrogens is 3. The summed E-state index contributed by atoms with van der Waals surface area (Å²) in [5.41, 5.74) is 12.6. The maximum absolute atomic E-state index is 12.7. The molecule has 10 heteroatoms. The minimum absolute atomic E-state index is 0.0203. The second-order valence-electron chi connectivity index (χ2n) is 14.4. The zero-order valence-electron chi connectivity index (χ0n) is 27.3. The second-order valence-corrected chi connectivity index (χ2v) is 15.5. The van der Waals surface area contributed by atoms with Crippen molar-refractivity contribution in [2.75, 3.05) is 6.54 Å². The van der Waals surface area contributed by atoms with Crippen LogP contribution in [0.15, 0.2) is 64.4 Å². The van der Waals surface area contributed by atoms with Crippen molar-refractivity contribution >= 4 is 22.8 Å². The zero-order chi connectivity index (χ0) is 33.4. The van der Waals surface area contributed by atoms with Gasteiger partial charge >= 0.3 is 11.2 Å². The van der Waals surface area contributed by atoms with Gasteiger partial charge in [-0.15, -0.1) is 0 Å². The highest BCUT2D eigenvalue weighted by atomic mass is 32.2. The lowest BCUT2D eigenvalue weighted by molar-refractivity contribution is -0.0328. The molecule has 2 aromatic carbocycles. The van der Waals surface area contributed by atoms with Crippen LogP contribution in [0.2, 0.25) is 0 Å². The van der Waals surface area contributed by atoms with Gasteiger partial charge in [0.15, 0.2) is 0 Å². The Kier molecular flexibility index (Phi) is 10.0. The van der Waals surface area contributed by atoms with Crippen molar-refractivity contribution in [3.8, 4) is 5.69 Å². The normalized spacial score (nSPS) is 15.5. The fourth-order valence-electron chi connectivity index (χ4n) is 5.09. The molecule has 0 amide bonds. The molecule has 1 aliphatic rings. The molecule has 0 unspecified atom stereocenters. The summed E-state index contributed by atoms with van der Waals surface area (Å²) in [6.45, 7) is 15.0. The summed E-state index contributed by atoms with van der Waals surface area (Å²) in [6.07, 6.45) is 5.89. The van der Waals surface area contributed by atoms with E-state index in [1.807, 2.05) is 64.2 Å². The van der Waals surface area contributed by atoms with Gasteiger partial charge in [0.25, 0.3) is 0 Å². The van der Waals surface area contributed by atoms with Gasteiger partial charge in [-0.3, -0.25) is 4.57 Å². The van der Waals surface area contributed by atoms with Crippen molar-refractivity contribution in [1.29, 1.82) is 0 Å². The van der Waals surface area contributed by atoms with Crippen LogP contribution < -0.4 is 17.2 Å². The van der Waals surface area contributed by atoms with Crippen LogP contribution >= 0.6 is 11.8 Å². The monoisotopic (exact) mass is 641 g/mol. The van der Waals surface area contributed by atoms with Gasteiger partial charge in [-0.25, -0.2) is 4.79 Å². The Balaban J connectivity index is 0.000000205. The first-order chi connectivity index (χ1) is 20.8. The quantitative estimate of drug-likeness (QED) is 0.176. The number of alkyl halides is 3. The summed E-state index contributed by atoms with van der Waals surface area (Å²) < 4.78 is 39.6. The van der Waals surface area contributed by atoms with E-state index in [2.05, 4.69) is 36.8 Å². The smallest absolute Gasteiger partial charge is 0.343 e. The third kappa shape index (κ3) is 9.24. The Morgan fingerprint density at radius 3 is 2.16 bits per heavy atom. The van der Waals surface area contributed by atoms with Crippen LogP contribution in [0.4, 0.5) is 13.2 Å². The van der Waals surface area contributed by atoms with Gasteiger partial charge in [-0.1, -0.05) is 59.7 Å². The summed E-state index contributed by atoms with van der Waals surface area (Å²) in [7, 11) is 0. The first-order valence-corrected chi connectivity index (χ1v) is 16.2. The minimum Gasteiger partial charge on any atom is -0.343 e. The molecule has 0 spiro atoms. The van der Waals surface area contributed by atoms with Gasteiger partial charge in [0.05, 0.1) is 5.69 Å². The molecule has 1 fully saturated rings. The molecule has 45 heavy (non-hydrogen) atoms. The number of hydrogen-bond donors (Lipinski definition) is 3. The standard InChI is InChI=1S/C18H22N4O.C17H24F3NS/c1-11(19)12-5-7-14(8-6-12)22-10-13-9-15(18(2,3)4)20-16(13)21-17(22)23;1-15(2,3)13-8-12(4-5-16(11-21)6-7-16)9-14(10-13)22-17(18,19)20/h5-11H,19H2,1-4H3,(H,20,21,23);8-10H,4-7,11,21H2,1-3H3/t11-;/m0./s1. The molecular formula is C35H46F3N5OS. The Labute approximate surface area is 268 Å². The SMILES string of the molecule is CC(C)(C)c1cc(CCC2(CN)CC2)cc(SC(F)(F)F)c1.C[C@H](N)c1ccc(-n2cc3cc(C(C)(C)C)[nH]c3nc2=O)cc1. The average Bonchev–Trinajstić information content (AvgIpc) is 3.59. The van der Waals surface area contributed by atoms with E-state index in [1.165, 1.54) is 0 Å². The van der Waals surface area contributed by atoms with Crippen molar-refractivity contribution < 1.29 is 13.2 Å². The number of fused-ring (bicyclic) bond motifs is 1. The molecule has 6 nitrogen and oxygen atoms in total. The van der Waals surface area contributed by atoms with Crippen LogP contribution in [0.1, 0.15) is 96.2 Å². The van der Waals surface area contributed by atoms with Crippen molar-refractivity contribution in [1.82, 2.24) is 14.5 Å². The van der Waals surface area contributed by atoms with Gasteiger partial charge in [0.1, 0.15) is 5.65 Å². The van der Waals surface area contributed by atoms with E-state index >= 15 is 0 Å². The lowest BCUT2D eigenvalue weighted by Gasteiger charge is -2.22. The van der Waals surface area contributed by atoms with Crippen molar-refractivity contribution in [2.45, 2.75) is 101 Å². The zero-order valence-corrected chi connectivity index (χ0v) is 28.1. The summed E-state index contributed by atoms with van der Waals surface area (Å²) in [5, 5.41) is 0.922. The molecule has 5 rings (SSSR count). The number of H-pyrrole nitrogens is 1. The largest absolute Gasteiger partial charge is 0.446 e. The summed E-state index contributed by atoms with van der Waals surface area (Å²) in [6, 6.07) is 15.1. The molecule has 4 aromatic rings. The van der Waals surface area contributed by atoms with E-state index in [4.69, 9.17) is 11.5 Å². The fraction of sp³-hybridized carbons (Fsp3) is 0.486. The first kappa shape index (κ1) is 34.8. The Morgan fingerprint density at radius 1 is 1.00 bits per heavy atom. The first-order valence-electron chi connectivity index (χ1n) is 15.4. The van der Waals surface area contributed by atoms with Gasteiger partial charge in [-0.05, 0) is 109 Å². The fourth-order valence-corrected chi connectivity index (χ4v) is 5.76. The highest BCUT2D eigenvalue weighted by molar-refractivity contribution is 8.00. The molecule has 1 atom stereocenters. The Morgan fingerprint density at radius 2 is 1.64 bits per heavy atom. The lowest BCUT2D eigenvalue weighted by atomic mass is 9.85. The van der Waals surface area contributed by atoms with Crippen LogP contribution in [0.3, 0.4) is 0 Å². The molecule has 1 saturated carbocycles. The molecule has 0 saturated heterocycles. The molecular weight excluding hydrogens is 595 g/mol. The van der Waals surface area contributed by atoms with E-state index in [-0.39, 0.29) is 44.6 Å². The number of thioether (sulfide) groups is 1. The summed E-state index contributed by atoms with van der Waals surface area (Å²) >= 11 is -0.0248. The second kappa shape index (κ2) is 13.0. The third-order valence-corrected chi connectivity index (χ3v) is 9.12. The summed E-state index contributed by atoms with van der Waals surface area (Å²) in [5.74, 6) is 0. The number of halogens is 3. The maximum atomic E-state index is 12.7. The third-order valence-electron chi connectivity index (χ3n) is 8.41. The van der Waals surface area contributed by atoms with Crippen LogP contribution in [0.5, 0.6) is 0 Å². The number of benzene rings is 2. The van der Waals surface area contributed by atoms with Crippen LogP contribution in [-0.4, -0.2) is 26.6 Å². The number of aryl methyl sites for hydroxylation is 1. The molecule has 1 aliphatic carbocycles. The Bertz CT molecular complexity index is 1670. The highest BCUT2D eigenvalue weighted by Gasteiger charge is 2.40. The highest BCUT2D eigenvalue weighted by Crippen LogP contribution is 2.48. The van der Waals surface area contributed by atoms with E-state index in [1.54, 1.807) is 16.7 Å². The van der Waals surface area contributed by atoms with Gasteiger partial charge < -0.3 is 16.5 Å². The van der Waals surface area contributed by atoms with Crippen molar-refractivity contribution in [3.63, 3.8) is 0 Å². The molecule has 2 aromatic heterocycles. The van der Waals surface area contributed by atoms with Crippen LogP contribution in [0.25, 0.3) is 16.7 Å². The average molecular weight is 642 g/mol. The molecule has 0 aliphatic heterocycles. The van der Waals surface area contributed by atoms with E-state index in [0.29, 0.717) is 12.2 Å². The minimum atomic E-state index is -4.25. The van der Waals surface area contributed by atoms with Crippen LogP contribution in [0, 0.1) is 5.41 Å². The van der Waals surface area contributed by atoms with Crippen molar-refractivity contribution in [2.24, 2.45) is 16.9 Å². The van der Waals surface area contributed by atoms with E-state index in [9.17, 15) is 18.0 Å². The molecule has 2 heterocycles. The molecule has 5 N–H and O–H groups in total. The number of nitrogens with zero attached hydrogens (tertiary/aromatic N) is 2. The predicted molar refractivity (Wildman–Crippen MR) is 179 cm³/mol. The number of nitrogens with one attached hydrogen (secondary N) is 1. The van der Waals surface area contributed by atoms with Crippen LogP contribution in [-0.2, 0) is 17.3 Å². The number of nitrogens with two attached hydrogens (primary N) is 2. The molecule has 244 valence electrons. The van der Waals surface area contributed by atoms with Gasteiger partial charge in [0, 0.05) is 33.6 Å². The summed E-state index contributed by atoms with van der Waals surface area (Å²) in [4.78, 5) is 20.0. The number of aromatic amines is 1. The Hall–Kier alpha value is -3.08. The van der Waals surface area contributed by atoms with E-state index < -0.39 is 5.51 Å². The lowest BCUT2D eigenvalue weighted by Crippen LogP contribution is -2.20. The number of hydrogen-bond acceptors (Lipinski definition) is 5. The van der Waals surface area contributed by atoms with Gasteiger partial charge in [-0.2, -0.15) is 18.2 Å².